The summed E-state index contributed by atoms with van der Waals surface area (Å²) in [5, 5.41) is 3.48. The predicted octanol–water partition coefficient (Wildman–Crippen LogP) is 4.12. The summed E-state index contributed by atoms with van der Waals surface area (Å²) in [4.78, 5) is 14.2. The molecule has 1 amide bonds. The first-order valence-corrected chi connectivity index (χ1v) is 11.7. The fourth-order valence-corrected chi connectivity index (χ4v) is 4.15. The minimum absolute atomic E-state index is 0.198. The monoisotopic (exact) mass is 452 g/mol. The number of anilines is 1. The minimum atomic E-state index is -3.34. The molecule has 5 nitrogen and oxygen atoms in total. The Hall–Kier alpha value is -2.81. The zero-order chi connectivity index (χ0) is 22.8. The van der Waals surface area contributed by atoms with Crippen molar-refractivity contribution in [2.24, 2.45) is 0 Å². The summed E-state index contributed by atoms with van der Waals surface area (Å²) in [5.41, 5.74) is 0.479. The lowest BCUT2D eigenvalue weighted by molar-refractivity contribution is 0.0943. The van der Waals surface area contributed by atoms with Crippen LogP contribution in [0.1, 0.15) is 41.7 Å². The molecule has 2 aromatic rings. The molecule has 0 saturated carbocycles. The molecular weight excluding hydrogens is 429 g/mol. The molecule has 0 radical (unpaired) electrons. The van der Waals surface area contributed by atoms with E-state index < -0.39 is 45.3 Å². The number of nitrogens with zero attached hydrogens (tertiary/aromatic N) is 1. The van der Waals surface area contributed by atoms with Gasteiger partial charge in [-0.1, -0.05) is 6.08 Å². The number of carbonyl (C=O) groups excluding carboxylic acids is 1. The highest BCUT2D eigenvalue weighted by Gasteiger charge is 2.29. The third-order valence-electron chi connectivity index (χ3n) is 5.07. The predicted molar refractivity (Wildman–Crippen MR) is 113 cm³/mol. The molecule has 0 spiro atoms. The van der Waals surface area contributed by atoms with Crippen molar-refractivity contribution in [1.82, 2.24) is 5.32 Å². The molecule has 2 aromatic carbocycles. The van der Waals surface area contributed by atoms with Crippen molar-refractivity contribution in [3.63, 3.8) is 0 Å². The molecule has 1 aliphatic heterocycles. The lowest BCUT2D eigenvalue weighted by Gasteiger charge is -2.28. The van der Waals surface area contributed by atoms with Gasteiger partial charge in [0.15, 0.2) is 9.84 Å². The van der Waals surface area contributed by atoms with Crippen LogP contribution in [-0.4, -0.2) is 33.2 Å². The van der Waals surface area contributed by atoms with Crippen LogP contribution in [-0.2, 0) is 9.84 Å². The molecule has 0 aromatic heterocycles. The van der Waals surface area contributed by atoms with Gasteiger partial charge in [-0.3, -0.25) is 4.79 Å². The van der Waals surface area contributed by atoms with Crippen LogP contribution in [0.5, 0.6) is 0 Å². The maximum Gasteiger partial charge on any atom is 0.254 e. The van der Waals surface area contributed by atoms with Gasteiger partial charge in [0.05, 0.1) is 11.6 Å². The molecule has 1 fully saturated rings. The maximum atomic E-state index is 14.7. The topological polar surface area (TPSA) is 66.5 Å². The Morgan fingerprint density at radius 2 is 1.90 bits per heavy atom. The molecule has 0 bridgehead atoms. The number of sulfone groups is 1. The second kappa shape index (κ2) is 9.13. The van der Waals surface area contributed by atoms with Crippen LogP contribution in [0.3, 0.4) is 0 Å². The minimum Gasteiger partial charge on any atom is -0.364 e. The first-order valence-electron chi connectivity index (χ1n) is 9.75. The average molecular weight is 452 g/mol. The lowest BCUT2D eigenvalue weighted by Crippen LogP contribution is -2.32. The quantitative estimate of drug-likeness (QED) is 0.716. The largest absolute Gasteiger partial charge is 0.364 e. The number of halogens is 3. The number of amides is 1. The standard InChI is InChI=1S/C22H23F3N2O3S/c1-14(9-11-31(2,29)30)26-22(28)17-7-6-16(13-20(17)25)27-10-3-4-21(27)18-12-15(23)5-8-19(18)24/h5-9,11-14,21H,3-4,10H2,1-2H3,(H,26,28)/b11-9+/t14-,21?/m1/s1. The second-order valence-electron chi connectivity index (χ2n) is 7.60. The summed E-state index contributed by atoms with van der Waals surface area (Å²) < 4.78 is 64.9. The van der Waals surface area contributed by atoms with Gasteiger partial charge in [-0.05, 0) is 56.2 Å². The van der Waals surface area contributed by atoms with Crippen molar-refractivity contribution in [1.29, 1.82) is 0 Å². The molecule has 1 N–H and O–H groups in total. The van der Waals surface area contributed by atoms with Crippen molar-refractivity contribution >= 4 is 21.4 Å². The van der Waals surface area contributed by atoms with Crippen molar-refractivity contribution in [2.75, 3.05) is 17.7 Å². The summed E-state index contributed by atoms with van der Waals surface area (Å²) in [6.45, 7) is 2.10. The average Bonchev–Trinajstić information content (AvgIpc) is 3.17. The number of hydrogen-bond acceptors (Lipinski definition) is 4. The van der Waals surface area contributed by atoms with Gasteiger partial charge in [-0.25, -0.2) is 21.6 Å². The van der Waals surface area contributed by atoms with E-state index in [1.54, 1.807) is 17.9 Å². The molecular formula is C22H23F3N2O3S. The van der Waals surface area contributed by atoms with Gasteiger partial charge >= 0.3 is 0 Å². The first-order chi connectivity index (χ1) is 14.5. The fraction of sp³-hybridized carbons (Fsp3) is 0.318. The summed E-state index contributed by atoms with van der Waals surface area (Å²) in [6, 6.07) is 6.31. The number of carbonyl (C=O) groups is 1. The highest BCUT2D eigenvalue weighted by atomic mass is 32.2. The number of benzene rings is 2. The Morgan fingerprint density at radius 3 is 2.58 bits per heavy atom. The normalized spacial score (nSPS) is 17.8. The fourth-order valence-electron chi connectivity index (χ4n) is 3.63. The molecule has 1 saturated heterocycles. The molecule has 1 aliphatic rings. The van der Waals surface area contributed by atoms with Crippen LogP contribution < -0.4 is 10.2 Å². The molecule has 9 heteroatoms. The van der Waals surface area contributed by atoms with Gasteiger partial charge in [0, 0.05) is 35.5 Å². The Bertz CT molecular complexity index is 1120. The summed E-state index contributed by atoms with van der Waals surface area (Å²) in [7, 11) is -3.34. The van der Waals surface area contributed by atoms with Gasteiger partial charge in [-0.2, -0.15) is 0 Å². The molecule has 166 valence electrons. The number of rotatable bonds is 6. The Morgan fingerprint density at radius 1 is 1.16 bits per heavy atom. The molecule has 3 rings (SSSR count). The molecule has 0 aliphatic carbocycles. The molecule has 1 heterocycles. The summed E-state index contributed by atoms with van der Waals surface area (Å²) in [5.74, 6) is -2.52. The number of hydrogen-bond donors (Lipinski definition) is 1. The summed E-state index contributed by atoms with van der Waals surface area (Å²) in [6.07, 6.45) is 3.64. The van der Waals surface area contributed by atoms with E-state index in [1.807, 2.05) is 0 Å². The van der Waals surface area contributed by atoms with Crippen LogP contribution in [0.4, 0.5) is 18.9 Å². The van der Waals surface area contributed by atoms with Crippen LogP contribution in [0.25, 0.3) is 0 Å². The highest BCUT2D eigenvalue weighted by Crippen LogP contribution is 2.37. The van der Waals surface area contributed by atoms with E-state index in [-0.39, 0.29) is 11.1 Å². The van der Waals surface area contributed by atoms with Crippen LogP contribution in [0, 0.1) is 17.5 Å². The zero-order valence-corrected chi connectivity index (χ0v) is 17.9. The van der Waals surface area contributed by atoms with Crippen molar-refractivity contribution < 1.29 is 26.4 Å². The van der Waals surface area contributed by atoms with Crippen LogP contribution in [0.15, 0.2) is 47.9 Å². The SMILES string of the molecule is C[C@H](/C=C/S(C)(=O)=O)NC(=O)c1ccc(N2CCCC2c2cc(F)ccc2F)cc1F. The van der Waals surface area contributed by atoms with Crippen molar-refractivity contribution in [3.05, 3.63) is 76.5 Å². The van der Waals surface area contributed by atoms with Gasteiger partial charge < -0.3 is 10.2 Å². The van der Waals surface area contributed by atoms with E-state index >= 15 is 0 Å². The van der Waals surface area contributed by atoms with E-state index in [2.05, 4.69) is 5.32 Å². The highest BCUT2D eigenvalue weighted by molar-refractivity contribution is 7.93. The second-order valence-corrected chi connectivity index (χ2v) is 9.53. The Kier molecular flexibility index (Phi) is 6.74. The number of nitrogens with one attached hydrogen (secondary N) is 1. The van der Waals surface area contributed by atoms with E-state index in [0.717, 1.165) is 36.3 Å². The Labute approximate surface area is 179 Å². The van der Waals surface area contributed by atoms with E-state index in [4.69, 9.17) is 0 Å². The van der Waals surface area contributed by atoms with Crippen molar-refractivity contribution in [3.8, 4) is 0 Å². The van der Waals surface area contributed by atoms with Crippen LogP contribution >= 0.6 is 0 Å². The zero-order valence-electron chi connectivity index (χ0n) is 17.1. The first kappa shape index (κ1) is 22.9. The lowest BCUT2D eigenvalue weighted by atomic mass is 10.0. The van der Waals surface area contributed by atoms with Gasteiger partial charge in [0.1, 0.15) is 17.5 Å². The third kappa shape index (κ3) is 5.66. The third-order valence-corrected chi connectivity index (χ3v) is 5.72. The van der Waals surface area contributed by atoms with Gasteiger partial charge in [0.2, 0.25) is 0 Å². The smallest absolute Gasteiger partial charge is 0.254 e. The van der Waals surface area contributed by atoms with E-state index in [9.17, 15) is 26.4 Å². The molecule has 31 heavy (non-hydrogen) atoms. The van der Waals surface area contributed by atoms with E-state index in [1.165, 1.54) is 18.2 Å². The van der Waals surface area contributed by atoms with Crippen molar-refractivity contribution in [2.45, 2.75) is 31.8 Å². The van der Waals surface area contributed by atoms with Gasteiger partial charge in [0.25, 0.3) is 5.91 Å². The van der Waals surface area contributed by atoms with E-state index in [0.29, 0.717) is 18.7 Å². The van der Waals surface area contributed by atoms with Gasteiger partial charge in [-0.15, -0.1) is 0 Å². The molecule has 2 atom stereocenters. The van der Waals surface area contributed by atoms with Crippen LogP contribution in [0.2, 0.25) is 0 Å². The summed E-state index contributed by atoms with van der Waals surface area (Å²) >= 11 is 0. The molecule has 1 unspecified atom stereocenters. The Balaban J connectivity index is 1.79. The maximum absolute atomic E-state index is 14.7.